The lowest BCUT2D eigenvalue weighted by Crippen LogP contribution is -1.79. The molecule has 0 fully saturated rings. The van der Waals surface area contributed by atoms with E-state index in [0.717, 1.165) is 5.92 Å². The van der Waals surface area contributed by atoms with Gasteiger partial charge in [-0.2, -0.15) is 0 Å². The maximum absolute atomic E-state index is 2.33. The minimum Gasteiger partial charge on any atom is -0.0883 e. The van der Waals surface area contributed by atoms with Crippen molar-refractivity contribution in [2.75, 3.05) is 0 Å². The van der Waals surface area contributed by atoms with Crippen LogP contribution in [-0.4, -0.2) is 0 Å². The van der Waals surface area contributed by atoms with E-state index in [1.165, 1.54) is 38.5 Å². The molecule has 0 aliphatic heterocycles. The van der Waals surface area contributed by atoms with Gasteiger partial charge in [0, 0.05) is 0 Å². The molecule has 0 spiro atoms. The average molecular weight is 168 g/mol. The molecule has 0 saturated heterocycles. The minimum absolute atomic E-state index is 0.723. The van der Waals surface area contributed by atoms with Gasteiger partial charge in [-0.25, -0.2) is 0 Å². The molecular weight excluding hydrogens is 144 g/mol. The number of allylic oxidation sites excluding steroid dienone is 2. The fourth-order valence-electron chi connectivity index (χ4n) is 1.23. The lowest BCUT2D eigenvalue weighted by atomic mass is 10.1. The molecule has 0 saturated carbocycles. The van der Waals surface area contributed by atoms with Crippen molar-refractivity contribution in [1.29, 1.82) is 0 Å². The van der Waals surface area contributed by atoms with Gasteiger partial charge >= 0.3 is 0 Å². The minimum atomic E-state index is 0.723. The van der Waals surface area contributed by atoms with Crippen molar-refractivity contribution >= 4 is 0 Å². The Bertz CT molecular complexity index is 101. The van der Waals surface area contributed by atoms with Crippen molar-refractivity contribution in [2.45, 2.75) is 59.3 Å². The van der Waals surface area contributed by atoms with Crippen LogP contribution in [0.15, 0.2) is 12.2 Å². The molecule has 0 heterocycles. The van der Waals surface area contributed by atoms with Crippen molar-refractivity contribution in [1.82, 2.24) is 0 Å². The highest BCUT2D eigenvalue weighted by Crippen LogP contribution is 2.06. The maximum Gasteiger partial charge on any atom is -0.0290 e. The molecule has 0 heteroatoms. The molecule has 0 nitrogen and oxygen atoms in total. The Labute approximate surface area is 78.1 Å². The third-order valence-electron chi connectivity index (χ3n) is 2.00. The zero-order chi connectivity index (χ0) is 9.23. The van der Waals surface area contributed by atoms with Crippen LogP contribution in [0.3, 0.4) is 0 Å². The van der Waals surface area contributed by atoms with E-state index in [4.69, 9.17) is 0 Å². The molecular formula is C12H24. The van der Waals surface area contributed by atoms with Gasteiger partial charge in [-0.3, -0.25) is 0 Å². The van der Waals surface area contributed by atoms with Gasteiger partial charge in [-0.1, -0.05) is 58.6 Å². The summed E-state index contributed by atoms with van der Waals surface area (Å²) in [4.78, 5) is 0. The summed E-state index contributed by atoms with van der Waals surface area (Å²) < 4.78 is 0. The summed E-state index contributed by atoms with van der Waals surface area (Å²) in [5.74, 6) is 0.723. The summed E-state index contributed by atoms with van der Waals surface area (Å²) in [6, 6.07) is 0. The maximum atomic E-state index is 2.33. The molecule has 0 amide bonds. The molecule has 12 heavy (non-hydrogen) atoms. The van der Waals surface area contributed by atoms with Crippen LogP contribution in [0.2, 0.25) is 0 Å². The predicted octanol–water partition coefficient (Wildman–Crippen LogP) is 4.56. The Morgan fingerprint density at radius 1 is 1.00 bits per heavy atom. The summed E-state index contributed by atoms with van der Waals surface area (Å²) in [7, 11) is 0. The van der Waals surface area contributed by atoms with Crippen molar-refractivity contribution in [3.8, 4) is 0 Å². The van der Waals surface area contributed by atoms with E-state index >= 15 is 0 Å². The van der Waals surface area contributed by atoms with Crippen LogP contribution >= 0.6 is 0 Å². The molecule has 0 N–H and O–H groups in total. The fourth-order valence-corrected chi connectivity index (χ4v) is 1.23. The van der Waals surface area contributed by atoms with Crippen LogP contribution in [0.4, 0.5) is 0 Å². The molecule has 0 bridgehead atoms. The Balaban J connectivity index is 3.00. The van der Waals surface area contributed by atoms with Crippen LogP contribution < -0.4 is 0 Å². The van der Waals surface area contributed by atoms with Gasteiger partial charge in [-0.05, 0) is 18.8 Å². The zero-order valence-electron chi connectivity index (χ0n) is 8.97. The molecule has 0 atom stereocenters. The van der Waals surface area contributed by atoms with E-state index in [0.29, 0.717) is 0 Å². The SMILES string of the molecule is CCCCCCCC=CC(C)C. The van der Waals surface area contributed by atoms with Crippen LogP contribution in [0.25, 0.3) is 0 Å². The largest absolute Gasteiger partial charge is 0.0883 e. The van der Waals surface area contributed by atoms with Gasteiger partial charge in [0.2, 0.25) is 0 Å². The molecule has 72 valence electrons. The number of hydrogen-bond donors (Lipinski definition) is 0. The second kappa shape index (κ2) is 8.83. The smallest absolute Gasteiger partial charge is 0.0290 e. The number of hydrogen-bond acceptors (Lipinski definition) is 0. The molecule has 0 aromatic carbocycles. The molecule has 0 aliphatic carbocycles. The summed E-state index contributed by atoms with van der Waals surface area (Å²) in [5, 5.41) is 0. The van der Waals surface area contributed by atoms with Crippen molar-refractivity contribution < 1.29 is 0 Å². The van der Waals surface area contributed by atoms with Crippen LogP contribution in [-0.2, 0) is 0 Å². The Kier molecular flexibility index (Phi) is 8.64. The van der Waals surface area contributed by atoms with E-state index in [-0.39, 0.29) is 0 Å². The number of rotatable bonds is 7. The first-order chi connectivity index (χ1) is 5.77. The van der Waals surface area contributed by atoms with Crippen molar-refractivity contribution in [2.24, 2.45) is 5.92 Å². The lowest BCUT2D eigenvalue weighted by Gasteiger charge is -1.97. The van der Waals surface area contributed by atoms with Gasteiger partial charge in [-0.15, -0.1) is 0 Å². The fraction of sp³-hybridized carbons (Fsp3) is 0.833. The van der Waals surface area contributed by atoms with E-state index < -0.39 is 0 Å². The summed E-state index contributed by atoms with van der Waals surface area (Å²) in [6.07, 6.45) is 12.9. The van der Waals surface area contributed by atoms with Gasteiger partial charge in [0.1, 0.15) is 0 Å². The van der Waals surface area contributed by atoms with Gasteiger partial charge in [0.05, 0.1) is 0 Å². The van der Waals surface area contributed by atoms with E-state index in [2.05, 4.69) is 32.9 Å². The molecule has 0 rings (SSSR count). The topological polar surface area (TPSA) is 0 Å². The molecule has 0 radical (unpaired) electrons. The Hall–Kier alpha value is -0.260. The molecule has 0 aromatic rings. The van der Waals surface area contributed by atoms with Crippen molar-refractivity contribution in [3.63, 3.8) is 0 Å². The third kappa shape index (κ3) is 9.74. The summed E-state index contributed by atoms with van der Waals surface area (Å²) in [5.41, 5.74) is 0. The van der Waals surface area contributed by atoms with E-state index in [9.17, 15) is 0 Å². The summed E-state index contributed by atoms with van der Waals surface area (Å²) in [6.45, 7) is 6.72. The first-order valence-corrected chi connectivity index (χ1v) is 5.44. The highest BCUT2D eigenvalue weighted by Gasteiger charge is 1.87. The molecule has 0 aliphatic rings. The quantitative estimate of drug-likeness (QED) is 0.386. The lowest BCUT2D eigenvalue weighted by molar-refractivity contribution is 0.636. The summed E-state index contributed by atoms with van der Waals surface area (Å²) >= 11 is 0. The predicted molar refractivity (Wildman–Crippen MR) is 57.4 cm³/mol. The normalized spacial score (nSPS) is 11.7. The highest BCUT2D eigenvalue weighted by atomic mass is 13.9. The highest BCUT2D eigenvalue weighted by molar-refractivity contribution is 4.83. The average Bonchev–Trinajstić information content (AvgIpc) is 2.02. The van der Waals surface area contributed by atoms with Crippen LogP contribution in [0.1, 0.15) is 59.3 Å². The monoisotopic (exact) mass is 168 g/mol. The number of unbranched alkanes of at least 4 members (excludes halogenated alkanes) is 5. The molecule has 0 unspecified atom stereocenters. The van der Waals surface area contributed by atoms with E-state index in [1.807, 2.05) is 0 Å². The van der Waals surface area contributed by atoms with Crippen molar-refractivity contribution in [3.05, 3.63) is 12.2 Å². The molecule has 0 aromatic heterocycles. The van der Waals surface area contributed by atoms with E-state index in [1.54, 1.807) is 0 Å². The van der Waals surface area contributed by atoms with Crippen LogP contribution in [0.5, 0.6) is 0 Å². The third-order valence-corrected chi connectivity index (χ3v) is 2.00. The van der Waals surface area contributed by atoms with Gasteiger partial charge in [0.25, 0.3) is 0 Å². The van der Waals surface area contributed by atoms with Gasteiger partial charge in [0.15, 0.2) is 0 Å². The first-order valence-electron chi connectivity index (χ1n) is 5.44. The first kappa shape index (κ1) is 11.7. The second-order valence-corrected chi connectivity index (χ2v) is 3.88. The zero-order valence-corrected chi connectivity index (χ0v) is 8.97. The standard InChI is InChI=1S/C12H24/c1-4-5-6-7-8-9-10-11-12(2)3/h10-12H,4-9H2,1-3H3. The van der Waals surface area contributed by atoms with Crippen LogP contribution in [0, 0.1) is 5.92 Å². The second-order valence-electron chi connectivity index (χ2n) is 3.88. The van der Waals surface area contributed by atoms with Gasteiger partial charge < -0.3 is 0 Å². The Morgan fingerprint density at radius 2 is 1.67 bits per heavy atom. The Morgan fingerprint density at radius 3 is 2.25 bits per heavy atom.